The minimum atomic E-state index is -0.536. The number of rotatable bonds is 7. The SMILES string of the molecule is C#CCNC(=O)COC(=O)c1ccccc1CSc1nc2ccccc2s1. The smallest absolute Gasteiger partial charge is 0.338 e. The van der Waals surface area contributed by atoms with Crippen molar-refractivity contribution in [3.63, 3.8) is 0 Å². The number of fused-ring (bicyclic) bond motifs is 1. The molecule has 1 aromatic heterocycles. The first-order chi connectivity index (χ1) is 13.2. The van der Waals surface area contributed by atoms with E-state index in [0.29, 0.717) is 11.3 Å². The van der Waals surface area contributed by atoms with Gasteiger partial charge in [-0.15, -0.1) is 17.8 Å². The molecule has 0 radical (unpaired) electrons. The lowest BCUT2D eigenvalue weighted by Gasteiger charge is -2.09. The van der Waals surface area contributed by atoms with Gasteiger partial charge in [-0.1, -0.05) is 48.0 Å². The molecule has 1 heterocycles. The van der Waals surface area contributed by atoms with Gasteiger partial charge in [0.15, 0.2) is 10.9 Å². The number of benzene rings is 2. The average Bonchev–Trinajstić information content (AvgIpc) is 3.12. The third kappa shape index (κ3) is 5.09. The van der Waals surface area contributed by atoms with Crippen LogP contribution in [0.25, 0.3) is 10.2 Å². The number of esters is 1. The Labute approximate surface area is 165 Å². The normalized spacial score (nSPS) is 10.3. The summed E-state index contributed by atoms with van der Waals surface area (Å²) >= 11 is 3.18. The second kappa shape index (κ2) is 9.21. The van der Waals surface area contributed by atoms with E-state index in [9.17, 15) is 9.59 Å². The summed E-state index contributed by atoms with van der Waals surface area (Å²) in [4.78, 5) is 28.4. The summed E-state index contributed by atoms with van der Waals surface area (Å²) in [6.45, 7) is -0.258. The first-order valence-electron chi connectivity index (χ1n) is 8.11. The summed E-state index contributed by atoms with van der Waals surface area (Å²) in [6.07, 6.45) is 5.07. The average molecular weight is 396 g/mol. The third-order valence-electron chi connectivity index (χ3n) is 3.58. The first-order valence-corrected chi connectivity index (χ1v) is 9.91. The van der Waals surface area contributed by atoms with Gasteiger partial charge in [0.25, 0.3) is 5.91 Å². The predicted octanol–water partition coefficient (Wildman–Crippen LogP) is 3.49. The Morgan fingerprint density at radius 1 is 1.19 bits per heavy atom. The molecule has 0 aliphatic carbocycles. The molecule has 3 aromatic rings. The lowest BCUT2D eigenvalue weighted by atomic mass is 10.1. The van der Waals surface area contributed by atoms with E-state index in [1.165, 1.54) is 0 Å². The van der Waals surface area contributed by atoms with Gasteiger partial charge < -0.3 is 10.1 Å². The molecule has 0 fully saturated rings. The summed E-state index contributed by atoms with van der Waals surface area (Å²) in [5.74, 6) is 1.90. The van der Waals surface area contributed by atoms with Crippen LogP contribution in [0.3, 0.4) is 0 Å². The molecule has 0 saturated heterocycles. The van der Waals surface area contributed by atoms with E-state index in [1.54, 1.807) is 35.2 Å². The number of para-hydroxylation sites is 1. The number of thioether (sulfide) groups is 1. The van der Waals surface area contributed by atoms with Gasteiger partial charge in [0.2, 0.25) is 0 Å². The van der Waals surface area contributed by atoms with Gasteiger partial charge >= 0.3 is 5.97 Å². The first kappa shape index (κ1) is 19.0. The Balaban J connectivity index is 1.63. The van der Waals surface area contributed by atoms with Gasteiger partial charge in [-0.3, -0.25) is 4.79 Å². The zero-order valence-electron chi connectivity index (χ0n) is 14.3. The van der Waals surface area contributed by atoms with Crippen molar-refractivity contribution in [2.45, 2.75) is 10.1 Å². The lowest BCUT2D eigenvalue weighted by molar-refractivity contribution is -0.123. The largest absolute Gasteiger partial charge is 0.452 e. The molecule has 2 aromatic carbocycles. The fraction of sp³-hybridized carbons (Fsp3) is 0.150. The van der Waals surface area contributed by atoms with Crippen molar-refractivity contribution < 1.29 is 14.3 Å². The van der Waals surface area contributed by atoms with Crippen molar-refractivity contribution in [1.82, 2.24) is 10.3 Å². The van der Waals surface area contributed by atoms with E-state index in [4.69, 9.17) is 11.2 Å². The molecule has 1 N–H and O–H groups in total. The van der Waals surface area contributed by atoms with Crippen LogP contribution in [-0.2, 0) is 15.3 Å². The number of nitrogens with zero attached hydrogens (tertiary/aromatic N) is 1. The van der Waals surface area contributed by atoms with Crippen LogP contribution in [0, 0.1) is 12.3 Å². The molecular formula is C20H16N2O3S2. The molecule has 1 amide bonds. The topological polar surface area (TPSA) is 68.3 Å². The van der Waals surface area contributed by atoms with Crippen LogP contribution in [0.15, 0.2) is 52.9 Å². The zero-order valence-corrected chi connectivity index (χ0v) is 15.9. The fourth-order valence-corrected chi connectivity index (χ4v) is 4.38. The highest BCUT2D eigenvalue weighted by Crippen LogP contribution is 2.32. The van der Waals surface area contributed by atoms with Crippen molar-refractivity contribution in [2.75, 3.05) is 13.2 Å². The van der Waals surface area contributed by atoms with Crippen molar-refractivity contribution in [2.24, 2.45) is 0 Å². The molecule has 0 unspecified atom stereocenters. The number of terminal acetylenes is 1. The molecule has 5 nitrogen and oxygen atoms in total. The second-order valence-electron chi connectivity index (χ2n) is 5.45. The molecule has 3 rings (SSSR count). The Bertz CT molecular complexity index is 975. The van der Waals surface area contributed by atoms with Crippen molar-refractivity contribution in [3.05, 3.63) is 59.7 Å². The summed E-state index contributed by atoms with van der Waals surface area (Å²) in [5, 5.41) is 2.45. The van der Waals surface area contributed by atoms with E-state index in [2.05, 4.69) is 16.2 Å². The number of carbonyl (C=O) groups excluding carboxylic acids is 2. The minimum absolute atomic E-state index is 0.103. The molecule has 0 saturated carbocycles. The molecule has 0 atom stereocenters. The highest BCUT2D eigenvalue weighted by molar-refractivity contribution is 8.00. The number of hydrogen-bond acceptors (Lipinski definition) is 6. The summed E-state index contributed by atoms with van der Waals surface area (Å²) < 4.78 is 7.15. The zero-order chi connectivity index (χ0) is 19.1. The van der Waals surface area contributed by atoms with Crippen molar-refractivity contribution >= 4 is 45.2 Å². The van der Waals surface area contributed by atoms with Crippen LogP contribution in [0.2, 0.25) is 0 Å². The molecule has 0 aliphatic rings. The van der Waals surface area contributed by atoms with E-state index in [1.807, 2.05) is 36.4 Å². The minimum Gasteiger partial charge on any atom is -0.452 e. The molecule has 0 bridgehead atoms. The number of amides is 1. The Morgan fingerprint density at radius 2 is 1.96 bits per heavy atom. The maximum atomic E-state index is 12.3. The highest BCUT2D eigenvalue weighted by Gasteiger charge is 2.15. The molecule has 0 aliphatic heterocycles. The van der Waals surface area contributed by atoms with E-state index in [-0.39, 0.29) is 13.2 Å². The Kier molecular flexibility index (Phi) is 6.47. The van der Waals surface area contributed by atoms with Gasteiger partial charge in [0.05, 0.1) is 22.3 Å². The monoisotopic (exact) mass is 396 g/mol. The van der Waals surface area contributed by atoms with Crippen LogP contribution >= 0.6 is 23.1 Å². The second-order valence-corrected chi connectivity index (χ2v) is 7.70. The van der Waals surface area contributed by atoms with Crippen LogP contribution in [0.5, 0.6) is 0 Å². The Hall–Kier alpha value is -2.82. The fourth-order valence-electron chi connectivity index (χ4n) is 2.31. The maximum absolute atomic E-state index is 12.3. The Morgan fingerprint density at radius 3 is 2.78 bits per heavy atom. The van der Waals surface area contributed by atoms with Gasteiger partial charge in [0, 0.05) is 5.75 Å². The summed E-state index contributed by atoms with van der Waals surface area (Å²) in [5.41, 5.74) is 2.24. The third-order valence-corrected chi connectivity index (χ3v) is 5.81. The number of carbonyl (C=O) groups is 2. The van der Waals surface area contributed by atoms with Gasteiger partial charge in [-0.25, -0.2) is 9.78 Å². The van der Waals surface area contributed by atoms with Crippen molar-refractivity contribution in [3.8, 4) is 12.3 Å². The number of ether oxygens (including phenoxy) is 1. The molecule has 7 heteroatoms. The van der Waals surface area contributed by atoms with Crippen LogP contribution in [0.1, 0.15) is 15.9 Å². The van der Waals surface area contributed by atoms with E-state index < -0.39 is 11.9 Å². The molecule has 27 heavy (non-hydrogen) atoms. The highest BCUT2D eigenvalue weighted by atomic mass is 32.2. The van der Waals surface area contributed by atoms with Gasteiger partial charge in [-0.2, -0.15) is 0 Å². The van der Waals surface area contributed by atoms with Crippen LogP contribution in [-0.4, -0.2) is 30.0 Å². The molecule has 0 spiro atoms. The van der Waals surface area contributed by atoms with Crippen molar-refractivity contribution in [1.29, 1.82) is 0 Å². The number of aromatic nitrogens is 1. The summed E-state index contributed by atoms with van der Waals surface area (Å²) in [7, 11) is 0. The van der Waals surface area contributed by atoms with E-state index in [0.717, 1.165) is 20.1 Å². The van der Waals surface area contributed by atoms with Crippen LogP contribution in [0.4, 0.5) is 0 Å². The standard InChI is InChI=1S/C20H16N2O3S2/c1-2-11-21-18(23)12-25-19(24)15-8-4-3-7-14(15)13-26-20-22-16-9-5-6-10-17(16)27-20/h1,3-10H,11-13H2,(H,21,23). The quantitative estimate of drug-likeness (QED) is 0.376. The summed E-state index contributed by atoms with van der Waals surface area (Å²) in [6, 6.07) is 15.2. The van der Waals surface area contributed by atoms with E-state index >= 15 is 0 Å². The number of thiazole rings is 1. The van der Waals surface area contributed by atoms with Gasteiger partial charge in [-0.05, 0) is 23.8 Å². The molecule has 136 valence electrons. The van der Waals surface area contributed by atoms with Gasteiger partial charge in [0.1, 0.15) is 0 Å². The number of nitrogens with one attached hydrogen (secondary N) is 1. The lowest BCUT2D eigenvalue weighted by Crippen LogP contribution is -2.29. The number of hydrogen-bond donors (Lipinski definition) is 1. The maximum Gasteiger partial charge on any atom is 0.338 e. The predicted molar refractivity (Wildman–Crippen MR) is 108 cm³/mol. The van der Waals surface area contributed by atoms with Crippen LogP contribution < -0.4 is 5.32 Å². The molecular weight excluding hydrogens is 380 g/mol.